The van der Waals surface area contributed by atoms with Crippen molar-refractivity contribution in [3.05, 3.63) is 15.6 Å². The number of ketones is 1. The van der Waals surface area contributed by atoms with Crippen LogP contribution in [0.25, 0.3) is 0 Å². The largest absolute Gasteiger partial charge is 0.393 e. The number of rotatable bonds is 7. The molecule has 2 N–H and O–H groups in total. The van der Waals surface area contributed by atoms with Crippen molar-refractivity contribution in [3.8, 4) is 0 Å². The fourth-order valence-electron chi connectivity index (χ4n) is 2.08. The topological polar surface area (TPSA) is 56.0 Å². The lowest BCUT2D eigenvalue weighted by molar-refractivity contribution is -0.121. The van der Waals surface area contributed by atoms with Gasteiger partial charge in [-0.1, -0.05) is 111 Å². The van der Waals surface area contributed by atoms with E-state index in [2.05, 4.69) is 69.7 Å². The number of hydrogen-bond donors (Lipinski definition) is 1. The van der Waals surface area contributed by atoms with Gasteiger partial charge in [-0.25, -0.2) is 4.98 Å². The minimum atomic E-state index is 0.0347. The first-order chi connectivity index (χ1) is 13.5. The summed E-state index contributed by atoms with van der Waals surface area (Å²) in [5, 5.41) is 1.29. The second-order valence-corrected chi connectivity index (χ2v) is 12.0. The van der Waals surface area contributed by atoms with Crippen molar-refractivity contribution in [3.63, 3.8) is 0 Å². The van der Waals surface area contributed by atoms with Gasteiger partial charge in [-0.05, 0) is 17.8 Å². The molecular formula is C24H45BrN2OS2. The molecular weight excluding hydrogens is 476 g/mol. The molecule has 1 atom stereocenters. The zero-order chi connectivity index (χ0) is 24.3. The number of thiocarbonyl (C=S) groups is 1. The molecule has 0 fully saturated rings. The summed E-state index contributed by atoms with van der Waals surface area (Å²) in [5.74, 6) is 2.93. The van der Waals surface area contributed by atoms with Gasteiger partial charge in [0.2, 0.25) is 0 Å². The molecule has 0 amide bonds. The highest BCUT2D eigenvalue weighted by molar-refractivity contribution is 9.10. The minimum absolute atomic E-state index is 0.0347. The molecule has 176 valence electrons. The molecule has 0 aliphatic heterocycles. The Kier molecular flexibility index (Phi) is 16.4. The summed E-state index contributed by atoms with van der Waals surface area (Å²) >= 11 is 9.85. The summed E-state index contributed by atoms with van der Waals surface area (Å²) in [6, 6.07) is 0. The van der Waals surface area contributed by atoms with Crippen LogP contribution in [0.5, 0.6) is 0 Å². The molecule has 0 aliphatic rings. The predicted molar refractivity (Wildman–Crippen MR) is 143 cm³/mol. The normalized spacial score (nSPS) is 12.2. The van der Waals surface area contributed by atoms with Gasteiger partial charge in [0.1, 0.15) is 5.78 Å². The van der Waals surface area contributed by atoms with Gasteiger partial charge in [-0.15, -0.1) is 11.3 Å². The Bertz CT molecular complexity index is 610. The third-order valence-corrected chi connectivity index (χ3v) is 7.91. The van der Waals surface area contributed by atoms with E-state index in [9.17, 15) is 4.79 Å². The third-order valence-electron chi connectivity index (χ3n) is 4.26. The van der Waals surface area contributed by atoms with Crippen LogP contribution in [0.15, 0.2) is 0 Å². The third kappa shape index (κ3) is 12.5. The molecule has 1 heterocycles. The van der Waals surface area contributed by atoms with Crippen LogP contribution in [-0.4, -0.2) is 20.6 Å². The van der Waals surface area contributed by atoms with Crippen LogP contribution in [0.2, 0.25) is 0 Å². The highest BCUT2D eigenvalue weighted by Crippen LogP contribution is 2.34. The monoisotopic (exact) mass is 520 g/mol. The molecule has 0 aromatic carbocycles. The Morgan fingerprint density at radius 2 is 1.30 bits per heavy atom. The number of nitrogens with two attached hydrogens (primary N) is 1. The lowest BCUT2D eigenvalue weighted by Crippen LogP contribution is -2.24. The van der Waals surface area contributed by atoms with Crippen LogP contribution in [0.3, 0.4) is 0 Å². The molecule has 0 saturated carbocycles. The molecule has 0 saturated heterocycles. The molecule has 3 nitrogen and oxygen atoms in total. The van der Waals surface area contributed by atoms with E-state index in [0.717, 1.165) is 0 Å². The first-order valence-corrected chi connectivity index (χ1v) is 13.2. The van der Waals surface area contributed by atoms with Gasteiger partial charge < -0.3 is 5.73 Å². The zero-order valence-corrected chi connectivity index (χ0v) is 24.4. The number of carbonyl (C=O) groups excluding carboxylic acids is 1. The highest BCUT2D eigenvalue weighted by Gasteiger charge is 2.20. The highest BCUT2D eigenvalue weighted by atomic mass is 79.9. The average molecular weight is 522 g/mol. The summed E-state index contributed by atoms with van der Waals surface area (Å²) in [5.41, 5.74) is 6.48. The van der Waals surface area contributed by atoms with Crippen molar-refractivity contribution in [1.82, 2.24) is 4.98 Å². The number of hydrogen-bond acceptors (Lipinski definition) is 4. The zero-order valence-electron chi connectivity index (χ0n) is 21.2. The molecule has 30 heavy (non-hydrogen) atoms. The maximum absolute atomic E-state index is 11.2. The number of alkyl halides is 1. The molecule has 0 radical (unpaired) electrons. The molecule has 6 heteroatoms. The lowest BCUT2D eigenvalue weighted by Gasteiger charge is -2.14. The summed E-state index contributed by atoms with van der Waals surface area (Å²) < 4.78 is 0. The summed E-state index contributed by atoms with van der Waals surface area (Å²) in [7, 11) is 0. The molecule has 0 aliphatic carbocycles. The Labute approximate surface area is 204 Å². The first kappa shape index (κ1) is 31.9. The van der Waals surface area contributed by atoms with Crippen LogP contribution in [0, 0.1) is 17.8 Å². The second-order valence-electron chi connectivity index (χ2n) is 9.53. The summed E-state index contributed by atoms with van der Waals surface area (Å²) in [6.45, 7) is 25.3. The van der Waals surface area contributed by atoms with Gasteiger partial charge in [0.15, 0.2) is 0 Å². The van der Waals surface area contributed by atoms with E-state index in [4.69, 9.17) is 10.7 Å². The van der Waals surface area contributed by atoms with E-state index in [1.54, 1.807) is 0 Å². The van der Waals surface area contributed by atoms with E-state index in [0.29, 0.717) is 40.4 Å². The van der Waals surface area contributed by atoms with Gasteiger partial charge in [-0.3, -0.25) is 4.79 Å². The van der Waals surface area contributed by atoms with E-state index in [-0.39, 0.29) is 10.7 Å². The van der Waals surface area contributed by atoms with E-state index >= 15 is 0 Å². The van der Waals surface area contributed by atoms with Crippen LogP contribution >= 0.6 is 39.5 Å². The van der Waals surface area contributed by atoms with Crippen LogP contribution in [-0.2, 0) is 4.79 Å². The Morgan fingerprint density at radius 3 is 1.47 bits per heavy atom. The SMILES string of the molecule is CC(C)C(=O)C(Br)C(C)C.CC(C)C(N)=S.CC(C)c1nc(C(C)C)c(C(C)C)s1. The van der Waals surface area contributed by atoms with Crippen molar-refractivity contribution in [2.45, 2.75) is 106 Å². The fraction of sp³-hybridized carbons (Fsp3) is 0.792. The van der Waals surface area contributed by atoms with Gasteiger partial charge in [0.05, 0.1) is 20.5 Å². The van der Waals surface area contributed by atoms with E-state index in [1.165, 1.54) is 15.6 Å². The Hall–Kier alpha value is -0.330. The molecule has 0 bridgehead atoms. The summed E-state index contributed by atoms with van der Waals surface area (Å²) in [4.78, 5) is 18.1. The van der Waals surface area contributed by atoms with Gasteiger partial charge in [0, 0.05) is 22.6 Å². The smallest absolute Gasteiger partial charge is 0.149 e. The van der Waals surface area contributed by atoms with Crippen LogP contribution in [0.1, 0.15) is 116 Å². The predicted octanol–water partition coefficient (Wildman–Crippen LogP) is 8.07. The molecule has 1 aromatic heterocycles. The number of aromatic nitrogens is 1. The van der Waals surface area contributed by atoms with Crippen LogP contribution in [0.4, 0.5) is 0 Å². The van der Waals surface area contributed by atoms with Gasteiger partial charge in [-0.2, -0.15) is 0 Å². The lowest BCUT2D eigenvalue weighted by atomic mass is 9.99. The number of carbonyl (C=O) groups is 1. The molecule has 1 unspecified atom stereocenters. The van der Waals surface area contributed by atoms with Gasteiger partial charge in [0.25, 0.3) is 0 Å². The van der Waals surface area contributed by atoms with Crippen LogP contribution < -0.4 is 5.73 Å². The minimum Gasteiger partial charge on any atom is -0.393 e. The Balaban J connectivity index is 0. The summed E-state index contributed by atoms with van der Waals surface area (Å²) in [6.07, 6.45) is 0. The maximum atomic E-state index is 11.2. The number of halogens is 1. The number of thiazole rings is 1. The second kappa shape index (κ2) is 15.5. The number of nitrogens with zero attached hydrogens (tertiary/aromatic N) is 1. The Morgan fingerprint density at radius 1 is 0.867 bits per heavy atom. The van der Waals surface area contributed by atoms with E-state index in [1.807, 2.05) is 52.9 Å². The molecule has 1 aromatic rings. The van der Waals surface area contributed by atoms with E-state index < -0.39 is 0 Å². The first-order valence-electron chi connectivity index (χ1n) is 11.0. The van der Waals surface area contributed by atoms with Crippen molar-refractivity contribution < 1.29 is 4.79 Å². The fourth-order valence-corrected chi connectivity index (χ4v) is 3.84. The maximum Gasteiger partial charge on any atom is 0.149 e. The molecule has 0 spiro atoms. The van der Waals surface area contributed by atoms with Crippen molar-refractivity contribution in [1.29, 1.82) is 0 Å². The van der Waals surface area contributed by atoms with Crippen molar-refractivity contribution in [2.24, 2.45) is 23.5 Å². The van der Waals surface area contributed by atoms with Gasteiger partial charge >= 0.3 is 0 Å². The van der Waals surface area contributed by atoms with Crippen molar-refractivity contribution in [2.75, 3.05) is 0 Å². The average Bonchev–Trinajstić information content (AvgIpc) is 3.07. The molecule has 1 rings (SSSR count). The standard InChI is InChI=1S/C12H21NS.C8H15BrO.C4H9NS/c1-7(2)10-11(8(3)4)14-12(13-10)9(5)6;1-5(2)7(9)8(10)6(3)4;1-3(2)4(5)6/h7-9H,1-6H3;5-7H,1-4H3;3H,1-2H3,(H2,5,6). The van der Waals surface area contributed by atoms with Crippen molar-refractivity contribution >= 4 is 50.3 Å². The number of Topliss-reactive ketones (excluding diaryl/α,β-unsaturated/α-hetero) is 1. The quantitative estimate of drug-likeness (QED) is 0.291.